The van der Waals surface area contributed by atoms with Gasteiger partial charge in [-0.2, -0.15) is 0 Å². The molecule has 0 amide bonds. The predicted octanol–water partition coefficient (Wildman–Crippen LogP) is 3.99. The number of ether oxygens (including phenoxy) is 1. The standard InChI is InChI=1S/C17H21BrN2O/c1-21-17-12-14(18)10-11-15(17)16(20-19)9-5-8-13-6-3-2-4-7-13/h2-4,6-7,10-12,16,20H,5,8-9,19H2,1H3. The van der Waals surface area contributed by atoms with Crippen molar-refractivity contribution in [3.8, 4) is 5.75 Å². The van der Waals surface area contributed by atoms with Crippen LogP contribution in [0.4, 0.5) is 0 Å². The van der Waals surface area contributed by atoms with Crippen molar-refractivity contribution in [3.63, 3.8) is 0 Å². The number of aryl methyl sites for hydroxylation is 1. The lowest BCUT2D eigenvalue weighted by atomic mass is 9.99. The number of nitrogens with two attached hydrogens (primary N) is 1. The van der Waals surface area contributed by atoms with E-state index in [-0.39, 0.29) is 6.04 Å². The lowest BCUT2D eigenvalue weighted by Crippen LogP contribution is -2.28. The molecule has 0 aliphatic carbocycles. The van der Waals surface area contributed by atoms with Gasteiger partial charge in [-0.05, 0) is 37.0 Å². The Balaban J connectivity index is 2.00. The highest BCUT2D eigenvalue weighted by Crippen LogP contribution is 2.30. The zero-order valence-corrected chi connectivity index (χ0v) is 13.8. The average Bonchev–Trinajstić information content (AvgIpc) is 2.53. The van der Waals surface area contributed by atoms with Gasteiger partial charge in [0, 0.05) is 16.1 Å². The number of hydrogen-bond donors (Lipinski definition) is 2. The minimum absolute atomic E-state index is 0.0942. The van der Waals surface area contributed by atoms with Crippen LogP contribution in [0, 0.1) is 0 Å². The predicted molar refractivity (Wildman–Crippen MR) is 90.1 cm³/mol. The lowest BCUT2D eigenvalue weighted by molar-refractivity contribution is 0.394. The average molecular weight is 349 g/mol. The third-order valence-corrected chi connectivity index (χ3v) is 4.07. The van der Waals surface area contributed by atoms with Crippen molar-refractivity contribution in [3.05, 3.63) is 64.1 Å². The molecule has 0 heterocycles. The van der Waals surface area contributed by atoms with Crippen LogP contribution in [0.25, 0.3) is 0 Å². The number of rotatable bonds is 7. The molecule has 0 bridgehead atoms. The molecule has 0 saturated heterocycles. The summed E-state index contributed by atoms with van der Waals surface area (Å²) in [5, 5.41) is 0. The van der Waals surface area contributed by atoms with Crippen LogP contribution in [0.1, 0.15) is 30.0 Å². The molecule has 1 unspecified atom stereocenters. The van der Waals surface area contributed by atoms with E-state index >= 15 is 0 Å². The van der Waals surface area contributed by atoms with Crippen LogP contribution in [0.3, 0.4) is 0 Å². The molecular formula is C17H21BrN2O. The third-order valence-electron chi connectivity index (χ3n) is 3.57. The molecule has 0 aromatic heterocycles. The molecule has 2 aromatic carbocycles. The number of methoxy groups -OCH3 is 1. The maximum Gasteiger partial charge on any atom is 0.124 e. The Morgan fingerprint density at radius 2 is 1.95 bits per heavy atom. The lowest BCUT2D eigenvalue weighted by Gasteiger charge is -2.19. The Hall–Kier alpha value is -1.36. The van der Waals surface area contributed by atoms with Crippen molar-refractivity contribution in [1.29, 1.82) is 0 Å². The summed E-state index contributed by atoms with van der Waals surface area (Å²) in [6, 6.07) is 16.6. The first-order valence-corrected chi connectivity index (χ1v) is 7.87. The molecule has 0 saturated carbocycles. The van der Waals surface area contributed by atoms with Gasteiger partial charge in [0.2, 0.25) is 0 Å². The van der Waals surface area contributed by atoms with Gasteiger partial charge in [0.1, 0.15) is 5.75 Å². The number of hydrazine groups is 1. The molecule has 0 aliphatic heterocycles. The second-order valence-electron chi connectivity index (χ2n) is 4.98. The van der Waals surface area contributed by atoms with Crippen molar-refractivity contribution >= 4 is 15.9 Å². The Morgan fingerprint density at radius 3 is 2.62 bits per heavy atom. The summed E-state index contributed by atoms with van der Waals surface area (Å²) in [7, 11) is 1.68. The highest BCUT2D eigenvalue weighted by Gasteiger charge is 2.14. The van der Waals surface area contributed by atoms with Gasteiger partial charge in [-0.3, -0.25) is 11.3 Å². The maximum atomic E-state index is 5.73. The molecule has 0 aliphatic rings. The van der Waals surface area contributed by atoms with E-state index in [0.717, 1.165) is 35.0 Å². The second kappa shape index (κ2) is 8.17. The largest absolute Gasteiger partial charge is 0.496 e. The van der Waals surface area contributed by atoms with Crippen molar-refractivity contribution in [2.75, 3.05) is 7.11 Å². The fourth-order valence-corrected chi connectivity index (χ4v) is 2.80. The van der Waals surface area contributed by atoms with E-state index in [9.17, 15) is 0 Å². The molecule has 1 atom stereocenters. The summed E-state index contributed by atoms with van der Waals surface area (Å²) in [5.41, 5.74) is 5.35. The van der Waals surface area contributed by atoms with Gasteiger partial charge >= 0.3 is 0 Å². The van der Waals surface area contributed by atoms with E-state index in [1.54, 1.807) is 7.11 Å². The Kier molecular flexibility index (Phi) is 6.23. The quantitative estimate of drug-likeness (QED) is 0.587. The molecule has 2 aromatic rings. The molecule has 112 valence electrons. The van der Waals surface area contributed by atoms with Crippen LogP contribution in [0.15, 0.2) is 53.0 Å². The van der Waals surface area contributed by atoms with E-state index < -0.39 is 0 Å². The number of hydrogen-bond acceptors (Lipinski definition) is 3. The minimum Gasteiger partial charge on any atom is -0.496 e. The van der Waals surface area contributed by atoms with Gasteiger partial charge in [0.05, 0.1) is 7.11 Å². The van der Waals surface area contributed by atoms with Crippen molar-refractivity contribution in [2.24, 2.45) is 5.84 Å². The summed E-state index contributed by atoms with van der Waals surface area (Å²) in [6.45, 7) is 0. The van der Waals surface area contributed by atoms with E-state index in [0.29, 0.717) is 0 Å². The maximum absolute atomic E-state index is 5.73. The molecule has 3 N–H and O–H groups in total. The van der Waals surface area contributed by atoms with E-state index in [4.69, 9.17) is 10.6 Å². The van der Waals surface area contributed by atoms with Crippen LogP contribution in [0.2, 0.25) is 0 Å². The molecule has 0 spiro atoms. The van der Waals surface area contributed by atoms with E-state index in [1.165, 1.54) is 5.56 Å². The van der Waals surface area contributed by atoms with E-state index in [1.807, 2.05) is 18.2 Å². The zero-order valence-electron chi connectivity index (χ0n) is 12.2. The number of nitrogens with one attached hydrogen (secondary N) is 1. The van der Waals surface area contributed by atoms with Crippen LogP contribution in [-0.4, -0.2) is 7.11 Å². The van der Waals surface area contributed by atoms with Gasteiger partial charge in [0.25, 0.3) is 0 Å². The smallest absolute Gasteiger partial charge is 0.124 e. The van der Waals surface area contributed by atoms with Gasteiger partial charge in [-0.15, -0.1) is 0 Å². The van der Waals surface area contributed by atoms with Crippen LogP contribution in [-0.2, 0) is 6.42 Å². The summed E-state index contributed by atoms with van der Waals surface area (Å²) in [5.74, 6) is 6.58. The van der Waals surface area contributed by atoms with Crippen LogP contribution < -0.4 is 16.0 Å². The summed E-state index contributed by atoms with van der Waals surface area (Å²) in [4.78, 5) is 0. The number of halogens is 1. The van der Waals surface area contributed by atoms with Crippen molar-refractivity contribution in [1.82, 2.24) is 5.43 Å². The normalized spacial score (nSPS) is 12.1. The molecule has 4 heteroatoms. The highest BCUT2D eigenvalue weighted by atomic mass is 79.9. The summed E-state index contributed by atoms with van der Waals surface area (Å²) >= 11 is 3.46. The SMILES string of the molecule is COc1cc(Br)ccc1C(CCCc1ccccc1)NN. The molecule has 0 radical (unpaired) electrons. The first kappa shape index (κ1) is 16.0. The summed E-state index contributed by atoms with van der Waals surface area (Å²) in [6.07, 6.45) is 3.08. The summed E-state index contributed by atoms with van der Waals surface area (Å²) < 4.78 is 6.45. The van der Waals surface area contributed by atoms with Gasteiger partial charge in [0.15, 0.2) is 0 Å². The molecule has 3 nitrogen and oxygen atoms in total. The fourth-order valence-electron chi connectivity index (χ4n) is 2.46. The van der Waals surface area contributed by atoms with Crippen molar-refractivity contribution in [2.45, 2.75) is 25.3 Å². The fraction of sp³-hybridized carbons (Fsp3) is 0.294. The molecule has 2 rings (SSSR count). The van der Waals surface area contributed by atoms with E-state index in [2.05, 4.69) is 51.7 Å². The van der Waals surface area contributed by atoms with Gasteiger partial charge < -0.3 is 4.74 Å². The first-order chi connectivity index (χ1) is 10.2. The monoisotopic (exact) mass is 348 g/mol. The van der Waals surface area contributed by atoms with Gasteiger partial charge in [-0.25, -0.2) is 0 Å². The highest BCUT2D eigenvalue weighted by molar-refractivity contribution is 9.10. The number of benzene rings is 2. The molecule has 21 heavy (non-hydrogen) atoms. The third kappa shape index (κ3) is 4.56. The van der Waals surface area contributed by atoms with Crippen LogP contribution in [0.5, 0.6) is 5.75 Å². The topological polar surface area (TPSA) is 47.3 Å². The first-order valence-electron chi connectivity index (χ1n) is 7.08. The Labute approximate surface area is 134 Å². The van der Waals surface area contributed by atoms with Crippen molar-refractivity contribution < 1.29 is 4.74 Å². The zero-order chi connectivity index (χ0) is 15.1. The molecule has 0 fully saturated rings. The molecular weight excluding hydrogens is 328 g/mol. The Bertz CT molecular complexity index is 560. The second-order valence-corrected chi connectivity index (χ2v) is 5.90. The Morgan fingerprint density at radius 1 is 1.19 bits per heavy atom. The van der Waals surface area contributed by atoms with Crippen LogP contribution >= 0.6 is 15.9 Å². The minimum atomic E-state index is 0.0942. The van der Waals surface area contributed by atoms with Gasteiger partial charge in [-0.1, -0.05) is 52.3 Å².